The van der Waals surface area contributed by atoms with Gasteiger partial charge in [-0.05, 0) is 30.7 Å². The van der Waals surface area contributed by atoms with Crippen molar-refractivity contribution < 1.29 is 48.8 Å². The Hall–Kier alpha value is -2.02. The third kappa shape index (κ3) is 4.54. The van der Waals surface area contributed by atoms with E-state index in [9.17, 15) is 44.1 Å². The summed E-state index contributed by atoms with van der Waals surface area (Å²) in [6.07, 6.45) is -12.8. The molecular formula is C12H10F6NO5S-. The fourth-order valence-electron chi connectivity index (χ4n) is 1.74. The minimum Gasteiger partial charge on any atom is -0.748 e. The highest BCUT2D eigenvalue weighted by molar-refractivity contribution is 7.85. The van der Waals surface area contributed by atoms with Crippen LogP contribution in [0.15, 0.2) is 18.2 Å². The Morgan fingerprint density at radius 3 is 2.00 bits per heavy atom. The number of carbonyl (C=O) groups excluding carboxylic acids is 1. The number of carbonyl (C=O) groups is 1. The van der Waals surface area contributed by atoms with Gasteiger partial charge < -0.3 is 15.0 Å². The van der Waals surface area contributed by atoms with Crippen molar-refractivity contribution in [2.75, 3.05) is 11.5 Å². The number of benzene rings is 1. The number of esters is 1. The molecule has 0 spiro atoms. The van der Waals surface area contributed by atoms with E-state index in [1.165, 1.54) is 6.92 Å². The predicted octanol–water partition coefficient (Wildman–Crippen LogP) is 2.14. The van der Waals surface area contributed by atoms with Crippen LogP contribution < -0.4 is 5.73 Å². The Morgan fingerprint density at radius 1 is 1.16 bits per heavy atom. The van der Waals surface area contributed by atoms with Crippen molar-refractivity contribution in [3.8, 4) is 0 Å². The van der Waals surface area contributed by atoms with Crippen LogP contribution in [0.25, 0.3) is 0 Å². The molecule has 0 aliphatic heterocycles. The zero-order chi connectivity index (χ0) is 19.8. The molecule has 6 nitrogen and oxygen atoms in total. The third-order valence-electron chi connectivity index (χ3n) is 3.07. The molecule has 1 aromatic carbocycles. The van der Waals surface area contributed by atoms with Crippen molar-refractivity contribution in [1.29, 1.82) is 0 Å². The van der Waals surface area contributed by atoms with Crippen LogP contribution in [0.5, 0.6) is 0 Å². The van der Waals surface area contributed by atoms with Gasteiger partial charge in [-0.25, -0.2) is 13.2 Å². The number of rotatable bonds is 4. The summed E-state index contributed by atoms with van der Waals surface area (Å²) in [5.74, 6) is -5.17. The first kappa shape index (κ1) is 21.0. The monoisotopic (exact) mass is 394 g/mol. The topological polar surface area (TPSA) is 110 Å². The number of nitrogens with two attached hydrogens (primary N) is 1. The van der Waals surface area contributed by atoms with Gasteiger partial charge in [-0.1, -0.05) is 0 Å². The van der Waals surface area contributed by atoms with Crippen molar-refractivity contribution in [2.45, 2.75) is 24.9 Å². The van der Waals surface area contributed by atoms with Gasteiger partial charge in [0.15, 0.2) is 0 Å². The average molecular weight is 394 g/mol. The minimum atomic E-state index is -6.42. The van der Waals surface area contributed by atoms with E-state index in [0.717, 1.165) is 18.2 Å². The Morgan fingerprint density at radius 2 is 1.64 bits per heavy atom. The van der Waals surface area contributed by atoms with E-state index < -0.39 is 45.4 Å². The molecule has 0 heterocycles. The standard InChI is InChI=1S/C12H11F6NO5S/c1-6-4-7(2-3-8(6)19)9(20)24-10(11(13,14)15,12(16,17)18)5-25(21,22)23/h2-4H,5,19H2,1H3,(H,21,22,23)/p-1. The molecule has 2 N–H and O–H groups in total. The quantitative estimate of drug-likeness (QED) is 0.363. The Kier molecular flexibility index (Phi) is 5.35. The number of halogens is 6. The van der Waals surface area contributed by atoms with Gasteiger partial charge in [0.25, 0.3) is 0 Å². The van der Waals surface area contributed by atoms with E-state index in [-0.39, 0.29) is 11.3 Å². The van der Waals surface area contributed by atoms with Gasteiger partial charge in [-0.15, -0.1) is 0 Å². The molecule has 0 bridgehead atoms. The molecular weight excluding hydrogens is 384 g/mol. The van der Waals surface area contributed by atoms with Crippen LogP contribution in [0.1, 0.15) is 15.9 Å². The van der Waals surface area contributed by atoms with Gasteiger partial charge in [0.1, 0.15) is 0 Å². The van der Waals surface area contributed by atoms with Crippen molar-refractivity contribution in [2.24, 2.45) is 0 Å². The fraction of sp³-hybridized carbons (Fsp3) is 0.417. The highest BCUT2D eigenvalue weighted by atomic mass is 32.2. The summed E-state index contributed by atoms with van der Waals surface area (Å²) >= 11 is 0. The molecule has 1 aromatic rings. The number of hydrogen-bond acceptors (Lipinski definition) is 6. The maximum absolute atomic E-state index is 13.0. The molecule has 0 aliphatic rings. The smallest absolute Gasteiger partial charge is 0.438 e. The highest BCUT2D eigenvalue weighted by Gasteiger charge is 2.75. The van der Waals surface area contributed by atoms with Gasteiger partial charge in [0.05, 0.1) is 21.4 Å². The number of ether oxygens (including phenoxy) is 1. The summed E-state index contributed by atoms with van der Waals surface area (Å²) in [5, 5.41) is 0. The number of aryl methyl sites for hydroxylation is 1. The van der Waals surface area contributed by atoms with Gasteiger partial charge in [0, 0.05) is 5.69 Å². The van der Waals surface area contributed by atoms with Crippen molar-refractivity contribution in [3.63, 3.8) is 0 Å². The SMILES string of the molecule is Cc1cc(C(=O)OC(CS(=O)(=O)[O-])(C(F)(F)F)C(F)(F)F)ccc1N. The van der Waals surface area contributed by atoms with Crippen LogP contribution >= 0.6 is 0 Å². The van der Waals surface area contributed by atoms with Gasteiger partial charge in [-0.2, -0.15) is 26.3 Å². The maximum atomic E-state index is 13.0. The van der Waals surface area contributed by atoms with E-state index in [2.05, 4.69) is 4.74 Å². The lowest BCUT2D eigenvalue weighted by atomic mass is 10.0. The number of nitrogen functional groups attached to an aromatic ring is 1. The molecule has 0 radical (unpaired) electrons. The number of alkyl halides is 6. The first-order valence-electron chi connectivity index (χ1n) is 6.17. The van der Waals surface area contributed by atoms with Crippen molar-refractivity contribution in [1.82, 2.24) is 0 Å². The highest BCUT2D eigenvalue weighted by Crippen LogP contribution is 2.47. The Balaban J connectivity index is 3.46. The zero-order valence-corrected chi connectivity index (χ0v) is 13.1. The van der Waals surface area contributed by atoms with Crippen molar-refractivity contribution >= 4 is 21.8 Å². The lowest BCUT2D eigenvalue weighted by Crippen LogP contribution is -2.63. The maximum Gasteiger partial charge on any atom is 0.438 e. The lowest BCUT2D eigenvalue weighted by Gasteiger charge is -2.36. The molecule has 0 saturated carbocycles. The molecule has 0 atom stereocenters. The van der Waals surface area contributed by atoms with E-state index in [4.69, 9.17) is 5.73 Å². The molecule has 0 fully saturated rings. The first-order valence-corrected chi connectivity index (χ1v) is 7.74. The molecule has 25 heavy (non-hydrogen) atoms. The van der Waals surface area contributed by atoms with Gasteiger partial charge in [0.2, 0.25) is 0 Å². The third-order valence-corrected chi connectivity index (χ3v) is 3.83. The second-order valence-electron chi connectivity index (χ2n) is 4.99. The van der Waals surface area contributed by atoms with E-state index in [1.54, 1.807) is 0 Å². The summed E-state index contributed by atoms with van der Waals surface area (Å²) in [4.78, 5) is 11.7. The first-order chi connectivity index (χ1) is 11.0. The Labute approximate surface area is 137 Å². The van der Waals surface area contributed by atoms with E-state index in [0.29, 0.717) is 0 Å². The van der Waals surface area contributed by atoms with Gasteiger partial charge >= 0.3 is 23.9 Å². The summed E-state index contributed by atoms with van der Waals surface area (Å²) < 4.78 is 113. The average Bonchev–Trinajstić information content (AvgIpc) is 2.36. The number of anilines is 1. The fourth-order valence-corrected chi connectivity index (χ4v) is 2.62. The molecule has 0 aromatic heterocycles. The van der Waals surface area contributed by atoms with Crippen LogP contribution in [-0.2, 0) is 14.9 Å². The van der Waals surface area contributed by atoms with E-state index in [1.807, 2.05) is 0 Å². The van der Waals surface area contributed by atoms with Crippen LogP contribution in [0.4, 0.5) is 32.0 Å². The van der Waals surface area contributed by atoms with Crippen molar-refractivity contribution in [3.05, 3.63) is 29.3 Å². The molecule has 0 unspecified atom stereocenters. The molecule has 0 amide bonds. The molecule has 13 heteroatoms. The van der Waals surface area contributed by atoms with E-state index >= 15 is 0 Å². The van der Waals surface area contributed by atoms with Gasteiger partial charge in [-0.3, -0.25) is 0 Å². The lowest BCUT2D eigenvalue weighted by molar-refractivity contribution is -0.356. The van der Waals surface area contributed by atoms with Crippen LogP contribution in [-0.4, -0.2) is 42.6 Å². The summed E-state index contributed by atoms with van der Waals surface area (Å²) in [7, 11) is -6.08. The van der Waals surface area contributed by atoms with Crippen LogP contribution in [0.3, 0.4) is 0 Å². The molecule has 142 valence electrons. The Bertz CT molecular complexity index is 757. The zero-order valence-electron chi connectivity index (χ0n) is 12.2. The summed E-state index contributed by atoms with van der Waals surface area (Å²) in [5.41, 5.74) is -0.602. The number of hydrogen-bond donors (Lipinski definition) is 1. The summed E-state index contributed by atoms with van der Waals surface area (Å²) in [6, 6.07) is 2.66. The van der Waals surface area contributed by atoms with Crippen LogP contribution in [0.2, 0.25) is 0 Å². The largest absolute Gasteiger partial charge is 0.748 e. The summed E-state index contributed by atoms with van der Waals surface area (Å²) in [6.45, 7) is 1.31. The molecule has 0 saturated heterocycles. The molecule has 0 aliphatic carbocycles. The minimum absolute atomic E-state index is 0.0941. The second-order valence-corrected chi connectivity index (χ2v) is 6.39. The van der Waals surface area contributed by atoms with Crippen LogP contribution in [0, 0.1) is 6.92 Å². The second kappa shape index (κ2) is 6.37. The molecule has 1 rings (SSSR count). The normalized spacial score (nSPS) is 13.6. The predicted molar refractivity (Wildman–Crippen MR) is 70.4 cm³/mol.